The van der Waals surface area contributed by atoms with Gasteiger partial charge in [-0.05, 0) is 55.9 Å². The van der Waals surface area contributed by atoms with Crippen LogP contribution < -0.4 is 15.4 Å². The Morgan fingerprint density at radius 3 is 2.85 bits per heavy atom. The van der Waals surface area contributed by atoms with Crippen LogP contribution in [0.2, 0.25) is 0 Å². The molecule has 13 nitrogen and oxygen atoms in total. The normalized spacial score (nSPS) is 29.2. The van der Waals surface area contributed by atoms with Crippen LogP contribution in [0.1, 0.15) is 64.2 Å². The molecule has 2 saturated carbocycles. The molecule has 3 N–H and O–H groups in total. The number of fused-ring (bicyclic) bond motifs is 3. The fraction of sp³-hybridized carbons (Fsp3) is 0.531. The summed E-state index contributed by atoms with van der Waals surface area (Å²) in [4.78, 5) is 68.1. The van der Waals surface area contributed by atoms with Crippen molar-refractivity contribution in [2.75, 3.05) is 6.54 Å². The number of aromatic nitrogens is 3. The molecule has 0 unspecified atom stereocenters. The molecule has 2 aliphatic carbocycles. The number of carboxylic acid groups (broad SMARTS) is 1. The second-order valence-electron chi connectivity index (χ2n) is 12.7. The number of hydrogen-bond donors (Lipinski definition) is 3. The lowest BCUT2D eigenvalue weighted by molar-refractivity contribution is -0.146. The second kappa shape index (κ2) is 12.5. The Morgan fingerprint density at radius 2 is 2.07 bits per heavy atom. The topological polar surface area (TPSA) is 177 Å². The first-order valence-electron chi connectivity index (χ1n) is 15.9. The van der Waals surface area contributed by atoms with E-state index in [1.165, 1.54) is 28.7 Å². The zero-order valence-corrected chi connectivity index (χ0v) is 26.0. The molecule has 46 heavy (non-hydrogen) atoms. The first-order chi connectivity index (χ1) is 22.3. The van der Waals surface area contributed by atoms with Crippen LogP contribution in [0.25, 0.3) is 21.9 Å². The fourth-order valence-electron chi connectivity index (χ4n) is 6.49. The molecule has 14 heteroatoms. The molecule has 5 heterocycles. The largest absolute Gasteiger partial charge is 0.479 e. The van der Waals surface area contributed by atoms with Crippen molar-refractivity contribution in [1.82, 2.24) is 30.5 Å². The maximum Gasteiger partial charge on any atom is 0.330 e. The molecule has 5 atom stereocenters. The molecule has 2 aliphatic heterocycles. The van der Waals surface area contributed by atoms with Crippen LogP contribution in [-0.2, 0) is 19.2 Å². The summed E-state index contributed by atoms with van der Waals surface area (Å²) in [7, 11) is 0. The van der Waals surface area contributed by atoms with Crippen molar-refractivity contribution in [2.45, 2.75) is 87.9 Å². The molecular formula is C32H36N6O7S. The van der Waals surface area contributed by atoms with E-state index >= 15 is 0 Å². The van der Waals surface area contributed by atoms with Gasteiger partial charge in [0, 0.05) is 18.8 Å². The first kappa shape index (κ1) is 30.3. The monoisotopic (exact) mass is 648 g/mol. The first-order valence-corrected chi connectivity index (χ1v) is 16.8. The maximum atomic E-state index is 14.2. The molecule has 0 bridgehead atoms. The lowest BCUT2D eigenvalue weighted by atomic mass is 10.0. The van der Waals surface area contributed by atoms with E-state index < -0.39 is 35.6 Å². The lowest BCUT2D eigenvalue weighted by Crippen LogP contribution is -2.56. The number of aliphatic carboxylic acids is 1. The number of carboxylic acids is 1. The Bertz CT molecular complexity index is 1670. The predicted molar refractivity (Wildman–Crippen MR) is 166 cm³/mol. The van der Waals surface area contributed by atoms with Crippen LogP contribution >= 0.6 is 11.3 Å². The summed E-state index contributed by atoms with van der Waals surface area (Å²) in [6.07, 6.45) is 12.6. The molecule has 3 fully saturated rings. The van der Waals surface area contributed by atoms with Crippen LogP contribution in [0.3, 0.4) is 0 Å². The highest BCUT2D eigenvalue weighted by Crippen LogP contribution is 2.45. The third kappa shape index (κ3) is 6.22. The summed E-state index contributed by atoms with van der Waals surface area (Å²) in [6, 6.07) is 0.0266. The number of carbonyl (C=O) groups is 4. The van der Waals surface area contributed by atoms with Gasteiger partial charge in [-0.3, -0.25) is 14.4 Å². The molecular weight excluding hydrogens is 612 g/mol. The molecule has 0 aromatic carbocycles. The Labute approximate surface area is 268 Å². The van der Waals surface area contributed by atoms with E-state index in [1.807, 2.05) is 23.6 Å². The van der Waals surface area contributed by atoms with Crippen molar-refractivity contribution in [3.8, 4) is 17.6 Å². The highest BCUT2D eigenvalue weighted by Gasteiger charge is 2.61. The van der Waals surface area contributed by atoms with Crippen molar-refractivity contribution in [1.29, 1.82) is 0 Å². The highest BCUT2D eigenvalue weighted by atomic mass is 32.1. The maximum absolute atomic E-state index is 14.2. The van der Waals surface area contributed by atoms with Gasteiger partial charge in [-0.2, -0.15) is 4.98 Å². The van der Waals surface area contributed by atoms with Crippen molar-refractivity contribution in [3.05, 3.63) is 36.1 Å². The average Bonchev–Trinajstić information content (AvgIpc) is 3.69. The van der Waals surface area contributed by atoms with E-state index in [9.17, 15) is 24.3 Å². The number of allylic oxidation sites excluding steroid dienone is 1. The van der Waals surface area contributed by atoms with Gasteiger partial charge >= 0.3 is 5.97 Å². The zero-order valence-electron chi connectivity index (χ0n) is 25.2. The Kier molecular flexibility index (Phi) is 8.22. The SMILES string of the molecule is O=C(CC1CC1)N[C@H]1CCCCC/C=C\[C@H]2C[C@@]2(C(=O)O)NC(=O)[C@@H]2C[C@@H](Oc3nc(-c4ncco4)nc4ccsc34)CN2C1=O. The van der Waals surface area contributed by atoms with E-state index in [0.717, 1.165) is 38.5 Å². The minimum absolute atomic E-state index is 0.0561. The van der Waals surface area contributed by atoms with Crippen molar-refractivity contribution in [3.63, 3.8) is 0 Å². The van der Waals surface area contributed by atoms with Gasteiger partial charge in [0.25, 0.3) is 5.89 Å². The quantitative estimate of drug-likeness (QED) is 0.322. The Hall–Kier alpha value is -4.33. The summed E-state index contributed by atoms with van der Waals surface area (Å²) in [5, 5.41) is 17.7. The minimum atomic E-state index is -1.42. The lowest BCUT2D eigenvalue weighted by Gasteiger charge is -2.29. The number of thiophene rings is 1. The Balaban J connectivity index is 1.18. The summed E-state index contributed by atoms with van der Waals surface area (Å²) < 4.78 is 12.5. The summed E-state index contributed by atoms with van der Waals surface area (Å²) >= 11 is 1.40. The Morgan fingerprint density at radius 1 is 1.20 bits per heavy atom. The number of nitrogens with zero attached hydrogens (tertiary/aromatic N) is 4. The number of ether oxygens (including phenoxy) is 1. The molecule has 0 radical (unpaired) electrons. The standard InChI is InChI=1S/C32H36N6O7S/c39-24(14-18-8-9-18)34-22-7-5-3-1-2-4-6-19-16-32(19,31(42)43)37-27(40)23-15-20(17-38(23)30(22)41)45-28-25-21(10-13-46-25)35-26(36-28)29-33-11-12-44-29/h4,6,10-13,18-20,22-23H,1-3,5,7-9,14-17H2,(H,34,39)(H,37,40)(H,42,43)/b6-4-/t19-,20+,22-,23-,32+/m0/s1. The van der Waals surface area contributed by atoms with Gasteiger partial charge in [0.1, 0.15) is 34.7 Å². The van der Waals surface area contributed by atoms with E-state index in [1.54, 1.807) is 0 Å². The smallest absolute Gasteiger partial charge is 0.330 e. The second-order valence-corrected chi connectivity index (χ2v) is 13.6. The van der Waals surface area contributed by atoms with Gasteiger partial charge < -0.3 is 29.8 Å². The summed E-state index contributed by atoms with van der Waals surface area (Å²) in [5.41, 5.74) is -0.778. The van der Waals surface area contributed by atoms with E-state index in [0.29, 0.717) is 29.0 Å². The number of oxazole rings is 1. The van der Waals surface area contributed by atoms with Crippen LogP contribution in [0, 0.1) is 11.8 Å². The number of rotatable bonds is 7. The van der Waals surface area contributed by atoms with Crippen molar-refractivity contribution >= 4 is 45.2 Å². The van der Waals surface area contributed by atoms with Crippen molar-refractivity contribution in [2.24, 2.45) is 11.8 Å². The zero-order chi connectivity index (χ0) is 31.8. The van der Waals surface area contributed by atoms with Gasteiger partial charge in [0.2, 0.25) is 29.4 Å². The highest BCUT2D eigenvalue weighted by molar-refractivity contribution is 7.17. The van der Waals surface area contributed by atoms with Crippen molar-refractivity contribution < 1.29 is 33.4 Å². The number of amides is 3. The third-order valence-electron chi connectivity index (χ3n) is 9.30. The number of carbonyl (C=O) groups excluding carboxylic acids is 3. The van der Waals surface area contributed by atoms with Gasteiger partial charge in [0.05, 0.1) is 18.3 Å². The molecule has 242 valence electrons. The van der Waals surface area contributed by atoms with Crippen LogP contribution in [0.15, 0.2) is 40.5 Å². The molecule has 1 saturated heterocycles. The van der Waals surface area contributed by atoms with E-state index in [4.69, 9.17) is 9.15 Å². The minimum Gasteiger partial charge on any atom is -0.479 e. The molecule has 0 spiro atoms. The molecule has 7 rings (SSSR count). The number of hydrogen-bond acceptors (Lipinski definition) is 10. The van der Waals surface area contributed by atoms with Crippen LogP contribution in [-0.4, -0.2) is 78.9 Å². The molecule has 3 amide bonds. The van der Waals surface area contributed by atoms with Gasteiger partial charge in [-0.15, -0.1) is 11.3 Å². The van der Waals surface area contributed by atoms with Gasteiger partial charge in [-0.1, -0.05) is 25.0 Å². The third-order valence-corrected chi connectivity index (χ3v) is 10.2. The van der Waals surface area contributed by atoms with E-state index in [2.05, 4.69) is 25.6 Å². The molecule has 4 aliphatic rings. The van der Waals surface area contributed by atoms with Gasteiger partial charge in [0.15, 0.2) is 0 Å². The molecule has 3 aromatic heterocycles. The van der Waals surface area contributed by atoms with Crippen LogP contribution in [0.4, 0.5) is 0 Å². The average molecular weight is 649 g/mol. The predicted octanol–water partition coefficient (Wildman–Crippen LogP) is 3.46. The van der Waals surface area contributed by atoms with E-state index in [-0.39, 0.29) is 54.7 Å². The summed E-state index contributed by atoms with van der Waals surface area (Å²) in [5.74, 6) is -1.43. The fourth-order valence-corrected chi connectivity index (χ4v) is 7.25. The molecule has 3 aromatic rings. The van der Waals surface area contributed by atoms with Gasteiger partial charge in [-0.25, -0.2) is 14.8 Å². The van der Waals surface area contributed by atoms with Crippen LogP contribution in [0.5, 0.6) is 5.88 Å². The summed E-state index contributed by atoms with van der Waals surface area (Å²) in [6.45, 7) is 0.0561. The number of nitrogens with one attached hydrogen (secondary N) is 2.